The fourth-order valence-electron chi connectivity index (χ4n) is 2.83. The van der Waals surface area contributed by atoms with Gasteiger partial charge in [-0.25, -0.2) is 0 Å². The van der Waals surface area contributed by atoms with Crippen molar-refractivity contribution < 1.29 is 9.53 Å². The molecule has 0 radical (unpaired) electrons. The zero-order valence-electron chi connectivity index (χ0n) is 13.0. The number of benzene rings is 2. The van der Waals surface area contributed by atoms with Crippen LogP contribution in [0.2, 0.25) is 0 Å². The number of nitrogens with zero attached hydrogens (tertiary/aromatic N) is 1. The van der Waals surface area contributed by atoms with Crippen LogP contribution in [0, 0.1) is 0 Å². The number of aromatic nitrogens is 2. The molecule has 0 saturated carbocycles. The average molecular weight is 317 g/mol. The van der Waals surface area contributed by atoms with Gasteiger partial charge in [0.05, 0.1) is 23.9 Å². The Morgan fingerprint density at radius 2 is 2.04 bits per heavy atom. The Kier molecular flexibility index (Phi) is 3.39. The van der Waals surface area contributed by atoms with Crippen molar-refractivity contribution in [3.8, 4) is 5.75 Å². The lowest BCUT2D eigenvalue weighted by Crippen LogP contribution is -2.12. The average Bonchev–Trinajstić information content (AvgIpc) is 3.05. The maximum Gasteiger partial charge on any atom is 0.257 e. The minimum absolute atomic E-state index is 0.187. The summed E-state index contributed by atoms with van der Waals surface area (Å²) in [7, 11) is 1.60. The zero-order valence-corrected chi connectivity index (χ0v) is 13.0. The molecule has 0 bridgehead atoms. The van der Waals surface area contributed by atoms with Gasteiger partial charge in [0.15, 0.2) is 0 Å². The minimum atomic E-state index is -0.187. The number of rotatable bonds is 3. The molecule has 2 heterocycles. The number of ether oxygens (including phenoxy) is 1. The first-order valence-corrected chi connectivity index (χ1v) is 7.56. The summed E-state index contributed by atoms with van der Waals surface area (Å²) in [5, 5.41) is 4.75. The van der Waals surface area contributed by atoms with Crippen molar-refractivity contribution in [2.45, 2.75) is 0 Å². The Morgan fingerprint density at radius 1 is 1.17 bits per heavy atom. The molecule has 0 aliphatic heterocycles. The molecule has 0 unspecified atom stereocenters. The predicted octanol–water partition coefficient (Wildman–Crippen LogP) is 3.98. The van der Waals surface area contributed by atoms with Crippen molar-refractivity contribution in [2.75, 3.05) is 12.4 Å². The van der Waals surface area contributed by atoms with Crippen LogP contribution < -0.4 is 10.1 Å². The lowest BCUT2D eigenvalue weighted by Gasteiger charge is -2.10. The Labute approximate surface area is 138 Å². The van der Waals surface area contributed by atoms with Crippen LogP contribution in [-0.4, -0.2) is 23.0 Å². The second kappa shape index (κ2) is 5.70. The highest BCUT2D eigenvalue weighted by molar-refractivity contribution is 6.14. The van der Waals surface area contributed by atoms with Crippen molar-refractivity contribution in [3.63, 3.8) is 0 Å². The van der Waals surface area contributed by atoms with Gasteiger partial charge >= 0.3 is 0 Å². The Bertz CT molecular complexity index is 1050. The van der Waals surface area contributed by atoms with Gasteiger partial charge in [-0.2, -0.15) is 0 Å². The van der Waals surface area contributed by atoms with Crippen molar-refractivity contribution in [2.24, 2.45) is 0 Å². The van der Waals surface area contributed by atoms with E-state index in [1.807, 2.05) is 42.5 Å². The summed E-state index contributed by atoms with van der Waals surface area (Å²) in [4.78, 5) is 20.2. The van der Waals surface area contributed by atoms with E-state index >= 15 is 0 Å². The number of para-hydroxylation sites is 1. The Balaban J connectivity index is 1.77. The number of amides is 1. The van der Waals surface area contributed by atoms with Crippen LogP contribution in [0.15, 0.2) is 60.9 Å². The maximum atomic E-state index is 12.7. The van der Waals surface area contributed by atoms with Crippen LogP contribution in [0.25, 0.3) is 21.8 Å². The highest BCUT2D eigenvalue weighted by Crippen LogP contribution is 2.28. The van der Waals surface area contributed by atoms with E-state index in [0.717, 1.165) is 21.8 Å². The fourth-order valence-corrected chi connectivity index (χ4v) is 2.83. The molecule has 0 fully saturated rings. The van der Waals surface area contributed by atoms with Gasteiger partial charge in [0, 0.05) is 34.7 Å². The summed E-state index contributed by atoms with van der Waals surface area (Å²) in [5.41, 5.74) is 2.88. The molecule has 0 saturated heterocycles. The molecule has 118 valence electrons. The molecule has 0 aliphatic rings. The summed E-state index contributed by atoms with van der Waals surface area (Å²) in [6, 6.07) is 15.2. The molecular formula is C19H15N3O2. The molecule has 4 rings (SSSR count). The van der Waals surface area contributed by atoms with E-state index in [2.05, 4.69) is 15.3 Å². The van der Waals surface area contributed by atoms with Crippen molar-refractivity contribution in [3.05, 3.63) is 66.5 Å². The van der Waals surface area contributed by atoms with Crippen LogP contribution in [-0.2, 0) is 0 Å². The first-order chi connectivity index (χ1) is 11.8. The smallest absolute Gasteiger partial charge is 0.257 e. The quantitative estimate of drug-likeness (QED) is 0.600. The third-order valence-electron chi connectivity index (χ3n) is 4.00. The molecule has 5 nitrogen and oxygen atoms in total. The third kappa shape index (κ3) is 2.36. The second-order valence-corrected chi connectivity index (χ2v) is 5.45. The van der Waals surface area contributed by atoms with Gasteiger partial charge in [0.1, 0.15) is 5.75 Å². The predicted molar refractivity (Wildman–Crippen MR) is 94.5 cm³/mol. The van der Waals surface area contributed by atoms with E-state index in [9.17, 15) is 4.79 Å². The summed E-state index contributed by atoms with van der Waals surface area (Å²) in [5.74, 6) is 0.484. The number of nitrogens with one attached hydrogen (secondary N) is 2. The molecule has 0 aliphatic carbocycles. The minimum Gasteiger partial charge on any atom is -0.497 e. The summed E-state index contributed by atoms with van der Waals surface area (Å²) < 4.78 is 5.32. The fraction of sp³-hybridized carbons (Fsp3) is 0.0526. The van der Waals surface area contributed by atoms with Gasteiger partial charge in [-0.1, -0.05) is 24.3 Å². The second-order valence-electron chi connectivity index (χ2n) is 5.45. The van der Waals surface area contributed by atoms with Crippen molar-refractivity contribution in [1.29, 1.82) is 0 Å². The molecule has 0 atom stereocenters. The van der Waals surface area contributed by atoms with Gasteiger partial charge < -0.3 is 15.0 Å². The number of hydrogen-bond acceptors (Lipinski definition) is 3. The number of carbonyl (C=O) groups is 1. The van der Waals surface area contributed by atoms with Gasteiger partial charge in [0.25, 0.3) is 5.91 Å². The molecule has 5 heteroatoms. The molecule has 2 aromatic carbocycles. The third-order valence-corrected chi connectivity index (χ3v) is 4.00. The lowest BCUT2D eigenvalue weighted by atomic mass is 10.1. The number of fused-ring (bicyclic) bond motifs is 2. The molecule has 4 aromatic rings. The topological polar surface area (TPSA) is 67.0 Å². The van der Waals surface area contributed by atoms with E-state index < -0.39 is 0 Å². The largest absolute Gasteiger partial charge is 0.497 e. The van der Waals surface area contributed by atoms with E-state index in [0.29, 0.717) is 17.0 Å². The standard InChI is InChI=1S/C19H15N3O2/c1-24-13-9-12-5-4-8-20-18(12)17(10-13)22-19(23)15-11-21-16-7-3-2-6-14(15)16/h2-11,21H,1H3,(H,22,23). The van der Waals surface area contributed by atoms with Gasteiger partial charge in [-0.05, 0) is 18.2 Å². The van der Waals surface area contributed by atoms with E-state index in [1.165, 1.54) is 0 Å². The van der Waals surface area contributed by atoms with Gasteiger partial charge in [-0.15, -0.1) is 0 Å². The molecule has 1 amide bonds. The highest BCUT2D eigenvalue weighted by atomic mass is 16.5. The van der Waals surface area contributed by atoms with Crippen LogP contribution in [0.3, 0.4) is 0 Å². The number of aromatic amines is 1. The maximum absolute atomic E-state index is 12.7. The first-order valence-electron chi connectivity index (χ1n) is 7.56. The number of pyridine rings is 1. The highest BCUT2D eigenvalue weighted by Gasteiger charge is 2.14. The number of H-pyrrole nitrogens is 1. The lowest BCUT2D eigenvalue weighted by molar-refractivity contribution is 0.102. The van der Waals surface area contributed by atoms with E-state index in [-0.39, 0.29) is 5.91 Å². The van der Waals surface area contributed by atoms with Gasteiger partial charge in [-0.3, -0.25) is 9.78 Å². The van der Waals surface area contributed by atoms with Crippen LogP contribution in [0.5, 0.6) is 5.75 Å². The summed E-state index contributed by atoms with van der Waals surface area (Å²) >= 11 is 0. The molecule has 2 aromatic heterocycles. The molecule has 0 spiro atoms. The van der Waals surface area contributed by atoms with E-state index in [4.69, 9.17) is 4.74 Å². The van der Waals surface area contributed by atoms with Gasteiger partial charge in [0.2, 0.25) is 0 Å². The van der Waals surface area contributed by atoms with Crippen molar-refractivity contribution >= 4 is 33.4 Å². The zero-order chi connectivity index (χ0) is 16.5. The van der Waals surface area contributed by atoms with Crippen molar-refractivity contribution in [1.82, 2.24) is 9.97 Å². The normalized spacial score (nSPS) is 10.9. The van der Waals surface area contributed by atoms with Crippen LogP contribution >= 0.6 is 0 Å². The Hall–Kier alpha value is -3.34. The Morgan fingerprint density at radius 3 is 2.92 bits per heavy atom. The monoisotopic (exact) mass is 317 g/mol. The number of anilines is 1. The number of carbonyl (C=O) groups excluding carboxylic acids is 1. The first kappa shape index (κ1) is 14.3. The number of hydrogen-bond donors (Lipinski definition) is 2. The SMILES string of the molecule is COc1cc(NC(=O)c2c[nH]c3ccccc23)c2ncccc2c1. The summed E-state index contributed by atoms with van der Waals surface area (Å²) in [6.45, 7) is 0. The molecule has 2 N–H and O–H groups in total. The summed E-state index contributed by atoms with van der Waals surface area (Å²) in [6.07, 6.45) is 3.42. The van der Waals surface area contributed by atoms with Crippen LogP contribution in [0.4, 0.5) is 5.69 Å². The van der Waals surface area contributed by atoms with E-state index in [1.54, 1.807) is 25.6 Å². The number of methoxy groups -OCH3 is 1. The van der Waals surface area contributed by atoms with Crippen LogP contribution in [0.1, 0.15) is 10.4 Å². The molecule has 24 heavy (non-hydrogen) atoms. The molecular weight excluding hydrogens is 302 g/mol.